The van der Waals surface area contributed by atoms with E-state index in [9.17, 15) is 17.6 Å². The molecule has 3 rings (SSSR count). The molecule has 1 aromatic heterocycles. The van der Waals surface area contributed by atoms with E-state index in [4.69, 9.17) is 4.52 Å². The van der Waals surface area contributed by atoms with Gasteiger partial charge in [-0.3, -0.25) is 4.79 Å². The van der Waals surface area contributed by atoms with Gasteiger partial charge in [0.1, 0.15) is 5.82 Å². The van der Waals surface area contributed by atoms with Crippen LogP contribution in [-0.2, 0) is 21.4 Å². The summed E-state index contributed by atoms with van der Waals surface area (Å²) in [5.74, 6) is -0.259. The van der Waals surface area contributed by atoms with Crippen LogP contribution in [0.3, 0.4) is 0 Å². The third-order valence-electron chi connectivity index (χ3n) is 4.24. The van der Waals surface area contributed by atoms with Crippen LogP contribution in [0.4, 0.5) is 4.39 Å². The monoisotopic (exact) mass is 382 g/mol. The smallest absolute Gasteiger partial charge is 0.246 e. The van der Waals surface area contributed by atoms with Gasteiger partial charge in [0.25, 0.3) is 0 Å². The van der Waals surface area contributed by atoms with Crippen molar-refractivity contribution in [1.82, 2.24) is 19.8 Å². The van der Waals surface area contributed by atoms with E-state index >= 15 is 0 Å². The van der Waals surface area contributed by atoms with Crippen LogP contribution in [0.25, 0.3) is 0 Å². The highest BCUT2D eigenvalue weighted by Gasteiger charge is 2.32. The zero-order chi connectivity index (χ0) is 18.7. The fourth-order valence-corrected chi connectivity index (χ4v) is 4.36. The quantitative estimate of drug-likeness (QED) is 0.834. The van der Waals surface area contributed by atoms with Crippen molar-refractivity contribution >= 4 is 15.9 Å². The average molecular weight is 382 g/mol. The zero-order valence-electron chi connectivity index (χ0n) is 14.2. The van der Waals surface area contributed by atoms with Crippen LogP contribution >= 0.6 is 0 Å². The second kappa shape index (κ2) is 7.50. The summed E-state index contributed by atoms with van der Waals surface area (Å²) in [4.78, 5) is 16.2. The molecule has 10 heteroatoms. The van der Waals surface area contributed by atoms with E-state index in [-0.39, 0.29) is 36.4 Å². The molecule has 8 nitrogen and oxygen atoms in total. The van der Waals surface area contributed by atoms with Crippen LogP contribution in [0.2, 0.25) is 0 Å². The Morgan fingerprint density at radius 1 is 1.38 bits per heavy atom. The minimum atomic E-state index is -3.76. The number of carbonyl (C=O) groups excluding carboxylic acids is 1. The number of carbonyl (C=O) groups is 1. The molecule has 2 heterocycles. The molecule has 0 atom stereocenters. The number of benzene rings is 1. The highest BCUT2D eigenvalue weighted by molar-refractivity contribution is 7.89. The molecule has 26 heavy (non-hydrogen) atoms. The molecule has 1 fully saturated rings. The first-order chi connectivity index (χ1) is 12.4. The molecule has 0 radical (unpaired) electrons. The Kier molecular flexibility index (Phi) is 5.33. The number of nitrogens with zero attached hydrogens (tertiary/aromatic N) is 3. The number of aryl methyl sites for hydroxylation is 1. The van der Waals surface area contributed by atoms with Crippen LogP contribution in [0.5, 0.6) is 0 Å². The first-order valence-corrected chi connectivity index (χ1v) is 9.63. The predicted octanol–water partition coefficient (Wildman–Crippen LogP) is 1.23. The molecule has 1 N–H and O–H groups in total. The van der Waals surface area contributed by atoms with E-state index in [1.165, 1.54) is 22.5 Å². The minimum absolute atomic E-state index is 0.0767. The van der Waals surface area contributed by atoms with Crippen molar-refractivity contribution in [3.63, 3.8) is 0 Å². The van der Waals surface area contributed by atoms with Gasteiger partial charge in [0.2, 0.25) is 21.8 Å². The van der Waals surface area contributed by atoms with E-state index in [2.05, 4.69) is 15.5 Å². The van der Waals surface area contributed by atoms with E-state index in [0.717, 1.165) is 6.07 Å². The minimum Gasteiger partial charge on any atom is -0.347 e. The maximum atomic E-state index is 13.3. The van der Waals surface area contributed by atoms with E-state index in [1.807, 2.05) is 0 Å². The Hall–Kier alpha value is -2.33. The molecule has 1 amide bonds. The fourth-order valence-electron chi connectivity index (χ4n) is 2.85. The lowest BCUT2D eigenvalue weighted by atomic mass is 9.97. The van der Waals surface area contributed by atoms with E-state index in [1.54, 1.807) is 6.92 Å². The lowest BCUT2D eigenvalue weighted by Gasteiger charge is -2.30. The number of nitrogens with one attached hydrogen (secondary N) is 1. The van der Waals surface area contributed by atoms with Crippen molar-refractivity contribution in [2.24, 2.45) is 5.92 Å². The zero-order valence-corrected chi connectivity index (χ0v) is 15.0. The molecular weight excluding hydrogens is 363 g/mol. The second-order valence-electron chi connectivity index (χ2n) is 6.09. The molecule has 1 aliphatic heterocycles. The molecular formula is C16H19FN4O4S. The van der Waals surface area contributed by atoms with Gasteiger partial charge in [-0.1, -0.05) is 11.2 Å². The number of aromatic nitrogens is 2. The summed E-state index contributed by atoms with van der Waals surface area (Å²) in [5, 5.41) is 6.36. The Labute approximate surface area is 150 Å². The summed E-state index contributed by atoms with van der Waals surface area (Å²) in [6, 6.07) is 4.92. The summed E-state index contributed by atoms with van der Waals surface area (Å²) >= 11 is 0. The predicted molar refractivity (Wildman–Crippen MR) is 88.8 cm³/mol. The highest BCUT2D eigenvalue weighted by atomic mass is 32.2. The number of halogens is 1. The lowest BCUT2D eigenvalue weighted by molar-refractivity contribution is -0.126. The standard InChI is InChI=1S/C16H19FN4O4S/c1-11-19-15(25-20-11)10-18-16(22)12-5-7-21(8-6-12)26(23,24)14-4-2-3-13(17)9-14/h2-4,9,12H,5-8,10H2,1H3,(H,18,22). The maximum absolute atomic E-state index is 13.3. The third kappa shape index (κ3) is 4.07. The molecule has 2 aromatic rings. The van der Waals surface area contributed by atoms with Gasteiger partial charge in [0, 0.05) is 19.0 Å². The van der Waals surface area contributed by atoms with Gasteiger partial charge in [-0.15, -0.1) is 0 Å². The first-order valence-electron chi connectivity index (χ1n) is 8.19. The second-order valence-corrected chi connectivity index (χ2v) is 8.03. The van der Waals surface area contributed by atoms with Crippen molar-refractivity contribution in [2.45, 2.75) is 31.2 Å². The van der Waals surface area contributed by atoms with Crippen LogP contribution in [0.15, 0.2) is 33.7 Å². The fraction of sp³-hybridized carbons (Fsp3) is 0.438. The number of rotatable bonds is 5. The molecule has 140 valence electrons. The normalized spacial score (nSPS) is 16.5. The van der Waals surface area contributed by atoms with Crippen molar-refractivity contribution < 1.29 is 22.1 Å². The summed E-state index contributed by atoms with van der Waals surface area (Å²) in [6.45, 7) is 2.23. The molecule has 0 spiro atoms. The Morgan fingerprint density at radius 2 is 2.12 bits per heavy atom. The van der Waals surface area contributed by atoms with Crippen molar-refractivity contribution in [3.8, 4) is 0 Å². The van der Waals surface area contributed by atoms with Crippen LogP contribution in [0, 0.1) is 18.7 Å². The van der Waals surface area contributed by atoms with Gasteiger partial charge >= 0.3 is 0 Å². The number of piperidine rings is 1. The number of amides is 1. The maximum Gasteiger partial charge on any atom is 0.246 e. The van der Waals surface area contributed by atoms with Crippen molar-refractivity contribution in [2.75, 3.05) is 13.1 Å². The van der Waals surface area contributed by atoms with E-state index < -0.39 is 15.8 Å². The van der Waals surface area contributed by atoms with Crippen molar-refractivity contribution in [3.05, 3.63) is 41.8 Å². The molecule has 1 aromatic carbocycles. The molecule has 0 aliphatic carbocycles. The highest BCUT2D eigenvalue weighted by Crippen LogP contribution is 2.24. The summed E-state index contributed by atoms with van der Waals surface area (Å²) < 4.78 is 44.6. The van der Waals surface area contributed by atoms with Gasteiger partial charge in [0.05, 0.1) is 11.4 Å². The lowest BCUT2D eigenvalue weighted by Crippen LogP contribution is -2.42. The average Bonchev–Trinajstić information content (AvgIpc) is 3.05. The Morgan fingerprint density at radius 3 is 2.73 bits per heavy atom. The number of hydrogen-bond donors (Lipinski definition) is 1. The van der Waals surface area contributed by atoms with Crippen LogP contribution in [0.1, 0.15) is 24.6 Å². The summed E-state index contributed by atoms with van der Waals surface area (Å²) in [6.07, 6.45) is 0.784. The van der Waals surface area contributed by atoms with Crippen LogP contribution in [-0.4, -0.2) is 41.9 Å². The van der Waals surface area contributed by atoms with E-state index in [0.29, 0.717) is 24.6 Å². The summed E-state index contributed by atoms with van der Waals surface area (Å²) in [5.41, 5.74) is 0. The molecule has 0 bridgehead atoms. The summed E-state index contributed by atoms with van der Waals surface area (Å²) in [7, 11) is -3.76. The Balaban J connectivity index is 1.55. The SMILES string of the molecule is Cc1noc(CNC(=O)C2CCN(S(=O)(=O)c3cccc(F)c3)CC2)n1. The largest absolute Gasteiger partial charge is 0.347 e. The first kappa shape index (κ1) is 18.5. The third-order valence-corrected chi connectivity index (χ3v) is 6.14. The molecule has 0 saturated carbocycles. The van der Waals surface area contributed by atoms with Gasteiger partial charge in [-0.25, -0.2) is 12.8 Å². The van der Waals surface area contributed by atoms with Gasteiger partial charge < -0.3 is 9.84 Å². The van der Waals surface area contributed by atoms with Crippen molar-refractivity contribution in [1.29, 1.82) is 0 Å². The van der Waals surface area contributed by atoms with Crippen LogP contribution < -0.4 is 5.32 Å². The number of sulfonamides is 1. The Bertz CT molecular complexity index is 891. The van der Waals surface area contributed by atoms with Gasteiger partial charge in [0.15, 0.2) is 5.82 Å². The topological polar surface area (TPSA) is 105 Å². The molecule has 0 unspecified atom stereocenters. The molecule has 1 aliphatic rings. The van der Waals surface area contributed by atoms with Gasteiger partial charge in [-0.05, 0) is 38.0 Å². The number of hydrogen-bond acceptors (Lipinski definition) is 6. The molecule has 1 saturated heterocycles. The van der Waals surface area contributed by atoms with Gasteiger partial charge in [-0.2, -0.15) is 9.29 Å².